The SMILES string of the molecule is CN[C@]1(CO)CC[C@H](C)C1. The maximum atomic E-state index is 9.07. The van der Waals surface area contributed by atoms with Crippen LogP contribution in [0.4, 0.5) is 0 Å². The second kappa shape index (κ2) is 2.89. The second-order valence-electron chi connectivity index (χ2n) is 3.54. The van der Waals surface area contributed by atoms with Crippen LogP contribution >= 0.6 is 0 Å². The summed E-state index contributed by atoms with van der Waals surface area (Å²) in [7, 11) is 1.94. The predicted molar refractivity (Wildman–Crippen MR) is 41.9 cm³/mol. The van der Waals surface area contributed by atoms with Crippen molar-refractivity contribution in [1.29, 1.82) is 0 Å². The lowest BCUT2D eigenvalue weighted by atomic mass is 9.98. The molecule has 2 N–H and O–H groups in total. The van der Waals surface area contributed by atoms with E-state index in [4.69, 9.17) is 5.11 Å². The molecule has 1 rings (SSSR count). The van der Waals surface area contributed by atoms with Gasteiger partial charge in [-0.15, -0.1) is 0 Å². The van der Waals surface area contributed by atoms with Gasteiger partial charge >= 0.3 is 0 Å². The fourth-order valence-electron chi connectivity index (χ4n) is 1.84. The van der Waals surface area contributed by atoms with E-state index in [1.807, 2.05) is 7.05 Å². The van der Waals surface area contributed by atoms with Crippen molar-refractivity contribution in [3.63, 3.8) is 0 Å². The maximum Gasteiger partial charge on any atom is 0.0613 e. The first-order valence-electron chi connectivity index (χ1n) is 4.02. The Bertz CT molecular complexity index is 110. The maximum absolute atomic E-state index is 9.07. The molecule has 0 saturated heterocycles. The van der Waals surface area contributed by atoms with Crippen LogP contribution in [0.3, 0.4) is 0 Å². The normalized spacial score (nSPS) is 40.5. The average Bonchev–Trinajstić information content (AvgIpc) is 2.33. The molecule has 0 spiro atoms. The number of aliphatic hydroxyl groups excluding tert-OH is 1. The number of nitrogens with one attached hydrogen (secondary N) is 1. The van der Waals surface area contributed by atoms with Crippen LogP contribution in [0, 0.1) is 5.92 Å². The van der Waals surface area contributed by atoms with E-state index in [9.17, 15) is 0 Å². The van der Waals surface area contributed by atoms with Gasteiger partial charge in [-0.2, -0.15) is 0 Å². The van der Waals surface area contributed by atoms with Gasteiger partial charge in [0, 0.05) is 5.54 Å². The minimum Gasteiger partial charge on any atom is -0.394 e. The van der Waals surface area contributed by atoms with Gasteiger partial charge in [-0.05, 0) is 32.2 Å². The van der Waals surface area contributed by atoms with Crippen LogP contribution in [0.15, 0.2) is 0 Å². The van der Waals surface area contributed by atoms with Crippen LogP contribution in [-0.4, -0.2) is 24.3 Å². The minimum absolute atomic E-state index is 0.0550. The predicted octanol–water partition coefficient (Wildman–Crippen LogP) is 0.757. The van der Waals surface area contributed by atoms with E-state index in [0.717, 1.165) is 18.8 Å². The quantitative estimate of drug-likeness (QED) is 0.598. The van der Waals surface area contributed by atoms with Crippen molar-refractivity contribution >= 4 is 0 Å². The van der Waals surface area contributed by atoms with Gasteiger partial charge in [0.05, 0.1) is 6.61 Å². The van der Waals surface area contributed by atoms with Crippen molar-refractivity contribution in [2.45, 2.75) is 31.7 Å². The molecule has 10 heavy (non-hydrogen) atoms. The topological polar surface area (TPSA) is 32.3 Å². The Labute approximate surface area is 62.6 Å². The molecule has 1 saturated carbocycles. The summed E-state index contributed by atoms with van der Waals surface area (Å²) in [6, 6.07) is 0. The summed E-state index contributed by atoms with van der Waals surface area (Å²) < 4.78 is 0. The third-order valence-corrected chi connectivity index (χ3v) is 2.69. The Morgan fingerprint density at radius 2 is 2.40 bits per heavy atom. The van der Waals surface area contributed by atoms with Crippen molar-refractivity contribution < 1.29 is 5.11 Å². The smallest absolute Gasteiger partial charge is 0.0613 e. The first-order valence-corrected chi connectivity index (χ1v) is 4.02. The van der Waals surface area contributed by atoms with E-state index < -0.39 is 0 Å². The zero-order valence-corrected chi connectivity index (χ0v) is 6.85. The molecule has 0 heterocycles. The summed E-state index contributed by atoms with van der Waals surface area (Å²) >= 11 is 0. The lowest BCUT2D eigenvalue weighted by Crippen LogP contribution is -2.43. The third-order valence-electron chi connectivity index (χ3n) is 2.69. The summed E-state index contributed by atoms with van der Waals surface area (Å²) in [6.07, 6.45) is 3.50. The third kappa shape index (κ3) is 1.32. The van der Waals surface area contributed by atoms with Gasteiger partial charge in [-0.3, -0.25) is 0 Å². The Balaban J connectivity index is 2.51. The van der Waals surface area contributed by atoms with Crippen LogP contribution in [0.1, 0.15) is 26.2 Å². The van der Waals surface area contributed by atoms with Crippen molar-refractivity contribution in [3.8, 4) is 0 Å². The summed E-state index contributed by atoms with van der Waals surface area (Å²) in [5.41, 5.74) is 0.0550. The van der Waals surface area contributed by atoms with E-state index in [2.05, 4.69) is 12.2 Å². The number of hydrogen-bond donors (Lipinski definition) is 2. The Hall–Kier alpha value is -0.0800. The summed E-state index contributed by atoms with van der Waals surface area (Å²) in [4.78, 5) is 0. The van der Waals surface area contributed by atoms with E-state index in [1.54, 1.807) is 0 Å². The highest BCUT2D eigenvalue weighted by molar-refractivity contribution is 4.93. The molecule has 2 heteroatoms. The van der Waals surface area contributed by atoms with Gasteiger partial charge in [-0.1, -0.05) is 6.92 Å². The zero-order valence-electron chi connectivity index (χ0n) is 6.85. The molecule has 0 amide bonds. The molecule has 0 unspecified atom stereocenters. The van der Waals surface area contributed by atoms with E-state index in [-0.39, 0.29) is 12.1 Å². The molecule has 60 valence electrons. The largest absolute Gasteiger partial charge is 0.394 e. The lowest BCUT2D eigenvalue weighted by Gasteiger charge is -2.25. The molecule has 0 aromatic carbocycles. The molecule has 0 aliphatic heterocycles. The van der Waals surface area contributed by atoms with Crippen LogP contribution < -0.4 is 5.32 Å². The lowest BCUT2D eigenvalue weighted by molar-refractivity contribution is 0.169. The van der Waals surface area contributed by atoms with Crippen LogP contribution in [0.5, 0.6) is 0 Å². The van der Waals surface area contributed by atoms with Crippen LogP contribution in [0.25, 0.3) is 0 Å². The first-order chi connectivity index (χ1) is 4.72. The Morgan fingerprint density at radius 1 is 1.70 bits per heavy atom. The van der Waals surface area contributed by atoms with Gasteiger partial charge in [0.1, 0.15) is 0 Å². The first kappa shape index (κ1) is 8.02. The standard InChI is InChI=1S/C8H17NO/c1-7-3-4-8(5-7,6-10)9-2/h7,9-10H,3-6H2,1-2H3/t7-,8+/m0/s1. The van der Waals surface area contributed by atoms with Crippen molar-refractivity contribution in [2.24, 2.45) is 5.92 Å². The Kier molecular flexibility index (Phi) is 2.32. The van der Waals surface area contributed by atoms with Crippen LogP contribution in [-0.2, 0) is 0 Å². The van der Waals surface area contributed by atoms with Gasteiger partial charge in [0.2, 0.25) is 0 Å². The van der Waals surface area contributed by atoms with Gasteiger partial charge in [0.15, 0.2) is 0 Å². The van der Waals surface area contributed by atoms with Crippen LogP contribution in [0.2, 0.25) is 0 Å². The molecule has 0 radical (unpaired) electrons. The monoisotopic (exact) mass is 143 g/mol. The Morgan fingerprint density at radius 3 is 2.60 bits per heavy atom. The van der Waals surface area contributed by atoms with Gasteiger partial charge in [0.25, 0.3) is 0 Å². The molecular weight excluding hydrogens is 126 g/mol. The molecular formula is C8H17NO. The van der Waals surface area contributed by atoms with E-state index in [1.165, 1.54) is 6.42 Å². The summed E-state index contributed by atoms with van der Waals surface area (Å²) in [6.45, 7) is 2.53. The van der Waals surface area contributed by atoms with Crippen molar-refractivity contribution in [2.75, 3.05) is 13.7 Å². The highest BCUT2D eigenvalue weighted by atomic mass is 16.3. The number of hydrogen-bond acceptors (Lipinski definition) is 2. The molecule has 0 aromatic rings. The summed E-state index contributed by atoms with van der Waals surface area (Å²) in [5, 5.41) is 12.3. The molecule has 1 aliphatic carbocycles. The zero-order chi connectivity index (χ0) is 7.61. The fraction of sp³-hybridized carbons (Fsp3) is 1.00. The summed E-state index contributed by atoms with van der Waals surface area (Å²) in [5.74, 6) is 0.777. The van der Waals surface area contributed by atoms with E-state index in [0.29, 0.717) is 0 Å². The second-order valence-corrected chi connectivity index (χ2v) is 3.54. The number of likely N-dealkylation sites (N-methyl/N-ethyl adjacent to an activating group) is 1. The molecule has 2 nitrogen and oxygen atoms in total. The molecule has 0 aromatic heterocycles. The number of aliphatic hydroxyl groups is 1. The molecule has 2 atom stereocenters. The van der Waals surface area contributed by atoms with Crippen molar-refractivity contribution in [1.82, 2.24) is 5.32 Å². The molecule has 1 aliphatic rings. The molecule has 0 bridgehead atoms. The highest BCUT2D eigenvalue weighted by Crippen LogP contribution is 2.33. The number of rotatable bonds is 2. The molecule has 1 fully saturated rings. The van der Waals surface area contributed by atoms with Gasteiger partial charge < -0.3 is 10.4 Å². The van der Waals surface area contributed by atoms with E-state index >= 15 is 0 Å². The van der Waals surface area contributed by atoms with Crippen molar-refractivity contribution in [3.05, 3.63) is 0 Å². The van der Waals surface area contributed by atoms with Gasteiger partial charge in [-0.25, -0.2) is 0 Å². The average molecular weight is 143 g/mol. The fourth-order valence-corrected chi connectivity index (χ4v) is 1.84. The minimum atomic E-state index is 0.0550. The highest BCUT2D eigenvalue weighted by Gasteiger charge is 2.34.